The highest BCUT2D eigenvalue weighted by molar-refractivity contribution is 5.95. The average molecular weight is 360 g/mol. The zero-order valence-corrected chi connectivity index (χ0v) is 15.7. The quantitative estimate of drug-likeness (QED) is 0.690. The minimum Gasteiger partial charge on any atom is -0.347 e. The fraction of sp³-hybridized carbons (Fsp3) is 0.217. The van der Waals surface area contributed by atoms with Crippen LogP contribution in [0.25, 0.3) is 10.8 Å². The molecule has 0 saturated carbocycles. The van der Waals surface area contributed by atoms with E-state index in [2.05, 4.69) is 24.5 Å². The standard InChI is InChI=1S/C23H24N2O2/c1-16(2)18-9-6-11-20(13-18)25-23(27)15-24-22(26)14-19-10-5-8-17-7-3-4-12-21(17)19/h3-13,16H,14-15H2,1-2H3,(H,24,26)(H,25,27). The average Bonchev–Trinajstić information content (AvgIpc) is 2.67. The third kappa shape index (κ3) is 4.94. The molecule has 0 aliphatic carbocycles. The minimum absolute atomic E-state index is 0.0461. The Bertz CT molecular complexity index is 958. The van der Waals surface area contributed by atoms with Gasteiger partial charge in [-0.05, 0) is 39.9 Å². The molecule has 0 aromatic heterocycles. The van der Waals surface area contributed by atoms with Crippen LogP contribution in [0.15, 0.2) is 66.7 Å². The van der Waals surface area contributed by atoms with Gasteiger partial charge in [-0.15, -0.1) is 0 Å². The van der Waals surface area contributed by atoms with Crippen molar-refractivity contribution in [3.8, 4) is 0 Å². The molecule has 0 heterocycles. The lowest BCUT2D eigenvalue weighted by Crippen LogP contribution is -2.33. The molecule has 0 aliphatic heterocycles. The number of anilines is 1. The van der Waals surface area contributed by atoms with Crippen LogP contribution in [0.3, 0.4) is 0 Å². The van der Waals surface area contributed by atoms with Gasteiger partial charge in [0.05, 0.1) is 13.0 Å². The van der Waals surface area contributed by atoms with Crippen molar-refractivity contribution in [1.82, 2.24) is 5.32 Å². The van der Waals surface area contributed by atoms with Crippen LogP contribution >= 0.6 is 0 Å². The molecule has 0 fully saturated rings. The molecule has 3 aromatic rings. The molecule has 0 saturated heterocycles. The molecule has 0 spiro atoms. The molecule has 0 atom stereocenters. The van der Waals surface area contributed by atoms with Gasteiger partial charge in [-0.2, -0.15) is 0 Å². The van der Waals surface area contributed by atoms with Crippen LogP contribution in [0.2, 0.25) is 0 Å². The van der Waals surface area contributed by atoms with Crippen LogP contribution in [-0.4, -0.2) is 18.4 Å². The fourth-order valence-corrected chi connectivity index (χ4v) is 3.04. The zero-order chi connectivity index (χ0) is 19.2. The highest BCUT2D eigenvalue weighted by Gasteiger charge is 2.09. The largest absolute Gasteiger partial charge is 0.347 e. The van der Waals surface area contributed by atoms with Crippen LogP contribution in [0.5, 0.6) is 0 Å². The maximum absolute atomic E-state index is 12.3. The van der Waals surface area contributed by atoms with Gasteiger partial charge in [-0.3, -0.25) is 9.59 Å². The summed E-state index contributed by atoms with van der Waals surface area (Å²) in [6, 6.07) is 21.6. The predicted octanol–water partition coefficient (Wildman–Crippen LogP) is 4.26. The van der Waals surface area contributed by atoms with Gasteiger partial charge >= 0.3 is 0 Å². The topological polar surface area (TPSA) is 58.2 Å². The van der Waals surface area contributed by atoms with Crippen LogP contribution in [0, 0.1) is 0 Å². The van der Waals surface area contributed by atoms with Crippen molar-refractivity contribution in [2.24, 2.45) is 0 Å². The second-order valence-electron chi connectivity index (χ2n) is 6.92. The molecule has 0 radical (unpaired) electrons. The normalized spacial score (nSPS) is 10.8. The number of fused-ring (bicyclic) bond motifs is 1. The van der Waals surface area contributed by atoms with Crippen molar-refractivity contribution >= 4 is 28.3 Å². The summed E-state index contributed by atoms with van der Waals surface area (Å²) in [6.45, 7) is 4.17. The van der Waals surface area contributed by atoms with E-state index >= 15 is 0 Å². The number of amides is 2. The Morgan fingerprint density at radius 2 is 1.63 bits per heavy atom. The SMILES string of the molecule is CC(C)c1cccc(NC(=O)CNC(=O)Cc2cccc3ccccc23)c1. The Morgan fingerprint density at radius 3 is 2.44 bits per heavy atom. The molecule has 138 valence electrons. The van der Waals surface area contributed by atoms with Gasteiger partial charge in [0, 0.05) is 5.69 Å². The summed E-state index contributed by atoms with van der Waals surface area (Å²) in [5.41, 5.74) is 2.86. The first-order valence-electron chi connectivity index (χ1n) is 9.16. The number of carbonyl (C=O) groups excluding carboxylic acids is 2. The number of hydrogen-bond acceptors (Lipinski definition) is 2. The van der Waals surface area contributed by atoms with E-state index in [4.69, 9.17) is 0 Å². The van der Waals surface area contributed by atoms with Gasteiger partial charge in [-0.25, -0.2) is 0 Å². The van der Waals surface area contributed by atoms with Crippen LogP contribution in [0.1, 0.15) is 30.9 Å². The van der Waals surface area contributed by atoms with E-state index in [1.54, 1.807) is 0 Å². The van der Waals surface area contributed by atoms with E-state index in [1.807, 2.05) is 66.7 Å². The number of hydrogen-bond donors (Lipinski definition) is 2. The van der Waals surface area contributed by atoms with Gasteiger partial charge in [0.25, 0.3) is 0 Å². The van der Waals surface area contributed by atoms with Crippen LogP contribution < -0.4 is 10.6 Å². The summed E-state index contributed by atoms with van der Waals surface area (Å²) < 4.78 is 0. The third-order valence-electron chi connectivity index (χ3n) is 4.51. The summed E-state index contributed by atoms with van der Waals surface area (Å²) in [5.74, 6) is -0.0122. The summed E-state index contributed by atoms with van der Waals surface area (Å²) in [4.78, 5) is 24.4. The van der Waals surface area contributed by atoms with E-state index < -0.39 is 0 Å². The Labute approximate surface area is 159 Å². The van der Waals surface area contributed by atoms with E-state index in [0.29, 0.717) is 5.92 Å². The molecule has 0 bridgehead atoms. The summed E-state index contributed by atoms with van der Waals surface area (Å²) in [5, 5.41) is 7.70. The Kier molecular flexibility index (Phi) is 5.87. The summed E-state index contributed by atoms with van der Waals surface area (Å²) in [6.07, 6.45) is 0.247. The lowest BCUT2D eigenvalue weighted by atomic mass is 10.0. The van der Waals surface area contributed by atoms with Gasteiger partial charge in [0.1, 0.15) is 0 Å². The van der Waals surface area contributed by atoms with E-state index in [-0.39, 0.29) is 24.8 Å². The maximum Gasteiger partial charge on any atom is 0.243 e. The first-order chi connectivity index (χ1) is 13.0. The molecule has 0 aliphatic rings. The molecule has 0 unspecified atom stereocenters. The minimum atomic E-state index is -0.234. The van der Waals surface area contributed by atoms with Crippen molar-refractivity contribution in [3.63, 3.8) is 0 Å². The Morgan fingerprint density at radius 1 is 0.889 bits per heavy atom. The molecule has 3 rings (SSSR count). The second-order valence-corrected chi connectivity index (χ2v) is 6.92. The molecule has 2 amide bonds. The monoisotopic (exact) mass is 360 g/mol. The van der Waals surface area contributed by atoms with Gasteiger partial charge in [-0.1, -0.05) is 68.4 Å². The second kappa shape index (κ2) is 8.49. The lowest BCUT2D eigenvalue weighted by molar-refractivity contribution is -0.123. The molecule has 4 nitrogen and oxygen atoms in total. The smallest absolute Gasteiger partial charge is 0.243 e. The predicted molar refractivity (Wildman–Crippen MR) is 110 cm³/mol. The molecule has 2 N–H and O–H groups in total. The van der Waals surface area contributed by atoms with E-state index in [1.165, 1.54) is 0 Å². The zero-order valence-electron chi connectivity index (χ0n) is 15.7. The van der Waals surface area contributed by atoms with E-state index in [9.17, 15) is 9.59 Å². The summed E-state index contributed by atoms with van der Waals surface area (Å²) >= 11 is 0. The lowest BCUT2D eigenvalue weighted by Gasteiger charge is -2.11. The van der Waals surface area contributed by atoms with Crippen LogP contribution in [-0.2, 0) is 16.0 Å². The molecular formula is C23H24N2O2. The van der Waals surface area contributed by atoms with Crippen molar-refractivity contribution in [3.05, 3.63) is 77.9 Å². The molecule has 27 heavy (non-hydrogen) atoms. The first kappa shape index (κ1) is 18.6. The Balaban J connectivity index is 1.56. The number of nitrogens with one attached hydrogen (secondary N) is 2. The Hall–Kier alpha value is -3.14. The highest BCUT2D eigenvalue weighted by Crippen LogP contribution is 2.19. The maximum atomic E-state index is 12.3. The van der Waals surface area contributed by atoms with E-state index in [0.717, 1.165) is 27.6 Å². The van der Waals surface area contributed by atoms with Crippen molar-refractivity contribution in [1.29, 1.82) is 0 Å². The first-order valence-corrected chi connectivity index (χ1v) is 9.16. The number of carbonyl (C=O) groups is 2. The number of benzene rings is 3. The van der Waals surface area contributed by atoms with Gasteiger partial charge in [0.2, 0.25) is 11.8 Å². The fourth-order valence-electron chi connectivity index (χ4n) is 3.04. The highest BCUT2D eigenvalue weighted by atomic mass is 16.2. The molecular weight excluding hydrogens is 336 g/mol. The van der Waals surface area contributed by atoms with Crippen molar-refractivity contribution in [2.45, 2.75) is 26.2 Å². The van der Waals surface area contributed by atoms with Crippen LogP contribution in [0.4, 0.5) is 5.69 Å². The van der Waals surface area contributed by atoms with Crippen molar-refractivity contribution in [2.75, 3.05) is 11.9 Å². The third-order valence-corrected chi connectivity index (χ3v) is 4.51. The number of rotatable bonds is 6. The molecule has 4 heteroatoms. The molecule has 3 aromatic carbocycles. The summed E-state index contributed by atoms with van der Waals surface area (Å²) in [7, 11) is 0. The van der Waals surface area contributed by atoms with Gasteiger partial charge in [0.15, 0.2) is 0 Å². The van der Waals surface area contributed by atoms with Gasteiger partial charge < -0.3 is 10.6 Å². The van der Waals surface area contributed by atoms with Crippen molar-refractivity contribution < 1.29 is 9.59 Å².